The van der Waals surface area contributed by atoms with Crippen LogP contribution in [0.5, 0.6) is 0 Å². The Balaban J connectivity index is 2.20. The summed E-state index contributed by atoms with van der Waals surface area (Å²) in [5.41, 5.74) is 1.41. The van der Waals surface area contributed by atoms with Crippen molar-refractivity contribution < 1.29 is 0 Å². The van der Waals surface area contributed by atoms with E-state index in [0.717, 1.165) is 0 Å². The lowest BCUT2D eigenvalue weighted by Crippen LogP contribution is -1.81. The summed E-state index contributed by atoms with van der Waals surface area (Å²) in [5.74, 6) is 0. The zero-order valence-electron chi connectivity index (χ0n) is 6.04. The molecule has 0 bridgehead atoms. The van der Waals surface area contributed by atoms with Crippen LogP contribution in [0, 0.1) is 0 Å². The van der Waals surface area contributed by atoms with Crippen molar-refractivity contribution in [2.75, 3.05) is 0 Å². The fourth-order valence-corrected chi connectivity index (χ4v) is 1.27. The van der Waals surface area contributed by atoms with Crippen LogP contribution in [0.4, 0.5) is 0 Å². The van der Waals surface area contributed by atoms with Crippen molar-refractivity contribution in [3.8, 4) is 0 Å². The van der Waals surface area contributed by atoms with Gasteiger partial charge in [0, 0.05) is 12.1 Å². The summed E-state index contributed by atoms with van der Waals surface area (Å²) in [6.07, 6.45) is 0. The van der Waals surface area contributed by atoms with Gasteiger partial charge in [-0.05, 0) is 12.5 Å². The Morgan fingerprint density at radius 1 is 1.20 bits per heavy atom. The zero-order valence-corrected chi connectivity index (χ0v) is 6.04. The first-order valence-corrected chi connectivity index (χ1v) is 3.69. The van der Waals surface area contributed by atoms with Crippen LogP contribution >= 0.6 is 0 Å². The molecule has 1 fully saturated rings. The summed E-state index contributed by atoms with van der Waals surface area (Å²) in [6, 6.07) is 11.9. The summed E-state index contributed by atoms with van der Waals surface area (Å²) in [5, 5.41) is 3.35. The molecule has 0 saturated carbocycles. The van der Waals surface area contributed by atoms with E-state index < -0.39 is 0 Å². The van der Waals surface area contributed by atoms with Gasteiger partial charge in [0.25, 0.3) is 0 Å². The average Bonchev–Trinajstić information content (AvgIpc) is 2.69. The first-order chi connectivity index (χ1) is 4.88. The first kappa shape index (κ1) is 5.93. The fourth-order valence-electron chi connectivity index (χ4n) is 1.27. The number of benzene rings is 1. The molecule has 0 spiro atoms. The molecule has 2 rings (SSSR count). The summed E-state index contributed by atoms with van der Waals surface area (Å²) < 4.78 is 0. The van der Waals surface area contributed by atoms with E-state index in [1.54, 1.807) is 0 Å². The molecule has 1 heterocycles. The molecule has 1 nitrogen and oxygen atoms in total. The largest absolute Gasteiger partial charge is 0.304 e. The molecule has 0 aromatic heterocycles. The molecule has 1 aliphatic rings. The molecule has 0 amide bonds. The third-order valence-electron chi connectivity index (χ3n) is 1.99. The minimum atomic E-state index is 0.626. The normalized spacial score (nSPS) is 30.1. The Bertz CT molecular complexity index is 217. The summed E-state index contributed by atoms with van der Waals surface area (Å²) in [7, 11) is 0. The van der Waals surface area contributed by atoms with Crippen molar-refractivity contribution in [1.29, 1.82) is 0 Å². The van der Waals surface area contributed by atoms with E-state index in [9.17, 15) is 0 Å². The van der Waals surface area contributed by atoms with Crippen LogP contribution in [0.1, 0.15) is 18.5 Å². The highest BCUT2D eigenvalue weighted by Crippen LogP contribution is 2.28. The van der Waals surface area contributed by atoms with Crippen LogP contribution in [-0.4, -0.2) is 6.04 Å². The van der Waals surface area contributed by atoms with Crippen molar-refractivity contribution in [2.24, 2.45) is 0 Å². The Morgan fingerprint density at radius 2 is 1.80 bits per heavy atom. The minimum Gasteiger partial charge on any atom is -0.304 e. The summed E-state index contributed by atoms with van der Waals surface area (Å²) in [6.45, 7) is 2.21. The highest BCUT2D eigenvalue weighted by atomic mass is 15.1. The Kier molecular flexibility index (Phi) is 1.24. The Labute approximate surface area is 61.1 Å². The topological polar surface area (TPSA) is 21.9 Å². The van der Waals surface area contributed by atoms with E-state index in [-0.39, 0.29) is 0 Å². The van der Waals surface area contributed by atoms with Gasteiger partial charge in [0.05, 0.1) is 0 Å². The van der Waals surface area contributed by atoms with Crippen LogP contribution in [0.25, 0.3) is 0 Å². The smallest absolute Gasteiger partial charge is 0.0476 e. The molecule has 52 valence electrons. The molecule has 1 aromatic rings. The van der Waals surface area contributed by atoms with Crippen molar-refractivity contribution in [1.82, 2.24) is 5.32 Å². The van der Waals surface area contributed by atoms with Crippen molar-refractivity contribution in [2.45, 2.75) is 19.0 Å². The number of hydrogen-bond donors (Lipinski definition) is 1. The predicted octanol–water partition coefficient (Wildman–Crippen LogP) is 1.72. The maximum Gasteiger partial charge on any atom is 0.0476 e. The molecule has 10 heavy (non-hydrogen) atoms. The molecule has 1 saturated heterocycles. The molecular formula is C9H11N. The van der Waals surface area contributed by atoms with Crippen LogP contribution in [0.15, 0.2) is 30.3 Å². The highest BCUT2D eigenvalue weighted by molar-refractivity contribution is 5.25. The van der Waals surface area contributed by atoms with Crippen molar-refractivity contribution in [3.05, 3.63) is 35.9 Å². The molecular weight excluding hydrogens is 122 g/mol. The number of hydrogen-bond acceptors (Lipinski definition) is 1. The van der Waals surface area contributed by atoms with Crippen molar-refractivity contribution in [3.63, 3.8) is 0 Å². The number of nitrogens with one attached hydrogen (secondary N) is 1. The van der Waals surface area contributed by atoms with Gasteiger partial charge in [-0.2, -0.15) is 0 Å². The predicted molar refractivity (Wildman–Crippen MR) is 41.8 cm³/mol. The second kappa shape index (κ2) is 2.10. The Hall–Kier alpha value is -0.820. The maximum absolute atomic E-state index is 3.35. The lowest BCUT2D eigenvalue weighted by Gasteiger charge is -1.92. The summed E-state index contributed by atoms with van der Waals surface area (Å²) >= 11 is 0. The fraction of sp³-hybridized carbons (Fsp3) is 0.333. The molecule has 1 heteroatoms. The monoisotopic (exact) mass is 133 g/mol. The van der Waals surface area contributed by atoms with Crippen molar-refractivity contribution >= 4 is 0 Å². The van der Waals surface area contributed by atoms with Gasteiger partial charge >= 0.3 is 0 Å². The third-order valence-corrected chi connectivity index (χ3v) is 1.99. The van der Waals surface area contributed by atoms with E-state index in [1.807, 2.05) is 0 Å². The lowest BCUT2D eigenvalue weighted by molar-refractivity contribution is 1.04. The van der Waals surface area contributed by atoms with Gasteiger partial charge in [-0.1, -0.05) is 30.3 Å². The summed E-state index contributed by atoms with van der Waals surface area (Å²) in [4.78, 5) is 0. The zero-order chi connectivity index (χ0) is 6.97. The van der Waals surface area contributed by atoms with Crippen LogP contribution in [0.2, 0.25) is 0 Å². The van der Waals surface area contributed by atoms with Gasteiger partial charge in [0.15, 0.2) is 0 Å². The van der Waals surface area contributed by atoms with Crippen LogP contribution in [0.3, 0.4) is 0 Å². The van der Waals surface area contributed by atoms with E-state index in [2.05, 4.69) is 42.6 Å². The van der Waals surface area contributed by atoms with E-state index in [1.165, 1.54) is 5.56 Å². The lowest BCUT2D eigenvalue weighted by atomic mass is 10.1. The van der Waals surface area contributed by atoms with Gasteiger partial charge in [0.2, 0.25) is 0 Å². The Morgan fingerprint density at radius 3 is 2.30 bits per heavy atom. The van der Waals surface area contributed by atoms with Gasteiger partial charge in [-0.3, -0.25) is 0 Å². The second-order valence-corrected chi connectivity index (χ2v) is 2.84. The molecule has 0 aliphatic carbocycles. The maximum atomic E-state index is 3.35. The molecule has 0 radical (unpaired) electrons. The average molecular weight is 133 g/mol. The molecule has 2 atom stereocenters. The molecule has 1 N–H and O–H groups in total. The first-order valence-electron chi connectivity index (χ1n) is 3.69. The molecule has 0 unspecified atom stereocenters. The van der Waals surface area contributed by atoms with Gasteiger partial charge < -0.3 is 5.32 Å². The van der Waals surface area contributed by atoms with Gasteiger partial charge in [0.1, 0.15) is 0 Å². The van der Waals surface area contributed by atoms with Gasteiger partial charge in [-0.25, -0.2) is 0 Å². The van der Waals surface area contributed by atoms with E-state index >= 15 is 0 Å². The van der Waals surface area contributed by atoms with Crippen LogP contribution in [-0.2, 0) is 0 Å². The van der Waals surface area contributed by atoms with E-state index in [4.69, 9.17) is 0 Å². The van der Waals surface area contributed by atoms with Gasteiger partial charge in [-0.15, -0.1) is 0 Å². The molecule has 1 aromatic carbocycles. The number of rotatable bonds is 1. The van der Waals surface area contributed by atoms with E-state index in [0.29, 0.717) is 12.1 Å². The quantitative estimate of drug-likeness (QED) is 0.579. The highest BCUT2D eigenvalue weighted by Gasteiger charge is 2.32. The SMILES string of the molecule is C[C@@H]1N[C@@H]1c1ccccc1. The second-order valence-electron chi connectivity index (χ2n) is 2.84. The minimum absolute atomic E-state index is 0.626. The molecule has 1 aliphatic heterocycles. The third kappa shape index (κ3) is 0.929. The standard InChI is InChI=1S/C9H11N/c1-7-9(10-7)8-5-3-2-4-6-8/h2-7,9-10H,1H3/t7-,9-/m0/s1. The van der Waals surface area contributed by atoms with Crippen LogP contribution < -0.4 is 5.32 Å².